The first-order valence-electron chi connectivity index (χ1n) is 11.4. The minimum atomic E-state index is -0.179. The second-order valence-corrected chi connectivity index (χ2v) is 9.11. The number of aryl methyl sites for hydroxylation is 1. The number of ether oxygens (including phenoxy) is 1. The van der Waals surface area contributed by atoms with Crippen LogP contribution in [0.5, 0.6) is 5.75 Å². The number of carbonyl (C=O) groups excluding carboxylic acids is 1. The predicted molar refractivity (Wildman–Crippen MR) is 132 cm³/mol. The molecular weight excluding hydrogens is 426 g/mol. The molecule has 0 atom stereocenters. The Morgan fingerprint density at radius 3 is 2.35 bits per heavy atom. The summed E-state index contributed by atoms with van der Waals surface area (Å²) in [7, 11) is 3.64. The molecule has 4 aromatic rings. The second-order valence-electron chi connectivity index (χ2n) is 9.11. The predicted octanol–water partition coefficient (Wildman–Crippen LogP) is 5.50. The molecule has 0 bridgehead atoms. The Morgan fingerprint density at radius 1 is 1.03 bits per heavy atom. The molecule has 2 aromatic heterocycles. The van der Waals surface area contributed by atoms with Gasteiger partial charge in [0.05, 0.1) is 6.20 Å². The SMILES string of the molecule is Cc1c(CN(C)C(=O)c2ccc(COc3ccc(C(C)(C)c4ccccc4)cc3)o2)cnn1C. The number of furan rings is 1. The van der Waals surface area contributed by atoms with Crippen LogP contribution in [-0.2, 0) is 25.6 Å². The van der Waals surface area contributed by atoms with Crippen LogP contribution in [0.2, 0.25) is 0 Å². The van der Waals surface area contributed by atoms with E-state index in [0.717, 1.165) is 17.0 Å². The lowest BCUT2D eigenvalue weighted by atomic mass is 9.78. The first kappa shape index (κ1) is 23.4. The summed E-state index contributed by atoms with van der Waals surface area (Å²) in [6.45, 7) is 7.13. The van der Waals surface area contributed by atoms with Crippen molar-refractivity contribution in [3.05, 3.63) is 107 Å². The van der Waals surface area contributed by atoms with Crippen LogP contribution < -0.4 is 4.74 Å². The van der Waals surface area contributed by atoms with Gasteiger partial charge in [-0.15, -0.1) is 0 Å². The average molecular weight is 458 g/mol. The van der Waals surface area contributed by atoms with Gasteiger partial charge in [-0.3, -0.25) is 9.48 Å². The molecule has 2 heterocycles. The summed E-state index contributed by atoms with van der Waals surface area (Å²) in [4.78, 5) is 14.4. The number of nitrogens with zero attached hydrogens (tertiary/aromatic N) is 3. The van der Waals surface area contributed by atoms with Crippen molar-refractivity contribution < 1.29 is 13.9 Å². The fraction of sp³-hybridized carbons (Fsp3) is 0.286. The van der Waals surface area contributed by atoms with Crippen LogP contribution in [0.25, 0.3) is 0 Å². The smallest absolute Gasteiger partial charge is 0.289 e. The van der Waals surface area contributed by atoms with E-state index in [0.29, 0.717) is 18.1 Å². The van der Waals surface area contributed by atoms with Crippen LogP contribution in [0.3, 0.4) is 0 Å². The summed E-state index contributed by atoms with van der Waals surface area (Å²) in [6.07, 6.45) is 1.78. The van der Waals surface area contributed by atoms with Crippen LogP contribution in [0.15, 0.2) is 77.3 Å². The molecule has 0 spiro atoms. The van der Waals surface area contributed by atoms with Crippen molar-refractivity contribution in [1.82, 2.24) is 14.7 Å². The lowest BCUT2D eigenvalue weighted by Gasteiger charge is -2.26. The first-order valence-corrected chi connectivity index (χ1v) is 11.4. The molecule has 0 saturated heterocycles. The van der Waals surface area contributed by atoms with Gasteiger partial charge in [0.15, 0.2) is 5.76 Å². The Labute approximate surface area is 200 Å². The molecule has 1 amide bonds. The third kappa shape index (κ3) is 4.91. The van der Waals surface area contributed by atoms with E-state index in [1.165, 1.54) is 11.1 Å². The number of aromatic nitrogens is 2. The third-order valence-electron chi connectivity index (χ3n) is 6.42. The van der Waals surface area contributed by atoms with Crippen LogP contribution in [0.4, 0.5) is 0 Å². The molecule has 4 rings (SSSR count). The molecule has 0 radical (unpaired) electrons. The summed E-state index contributed by atoms with van der Waals surface area (Å²) >= 11 is 0. The standard InChI is InChI=1S/C28H31N3O3/c1-20-21(17-29-31(20)5)18-30(4)27(32)26-16-15-25(34-26)19-33-24-13-11-23(12-14-24)28(2,3)22-9-7-6-8-10-22/h6-17H,18-19H2,1-5H3. The Bertz CT molecular complexity index is 1250. The summed E-state index contributed by atoms with van der Waals surface area (Å²) in [5.41, 5.74) is 4.42. The Balaban J connectivity index is 1.35. The van der Waals surface area contributed by atoms with Gasteiger partial charge in [-0.1, -0.05) is 56.3 Å². The van der Waals surface area contributed by atoms with E-state index in [9.17, 15) is 4.79 Å². The van der Waals surface area contributed by atoms with Gasteiger partial charge in [0.2, 0.25) is 0 Å². The van der Waals surface area contributed by atoms with Crippen molar-refractivity contribution in [2.75, 3.05) is 7.05 Å². The van der Waals surface area contributed by atoms with Crippen molar-refractivity contribution in [2.45, 2.75) is 39.3 Å². The number of amides is 1. The molecule has 0 aliphatic carbocycles. The van der Waals surface area contributed by atoms with Gasteiger partial charge < -0.3 is 14.1 Å². The zero-order chi connectivity index (χ0) is 24.3. The molecule has 0 saturated carbocycles. The Morgan fingerprint density at radius 2 is 1.71 bits per heavy atom. The summed E-state index contributed by atoms with van der Waals surface area (Å²) in [6, 6.07) is 22.1. The molecular formula is C28H31N3O3. The van der Waals surface area contributed by atoms with Crippen molar-refractivity contribution in [1.29, 1.82) is 0 Å². The third-order valence-corrected chi connectivity index (χ3v) is 6.42. The highest BCUT2D eigenvalue weighted by atomic mass is 16.5. The Kier molecular flexibility index (Phi) is 6.59. The quantitative estimate of drug-likeness (QED) is 0.351. The van der Waals surface area contributed by atoms with Crippen LogP contribution in [0, 0.1) is 6.92 Å². The lowest BCUT2D eigenvalue weighted by molar-refractivity contribution is 0.0749. The van der Waals surface area contributed by atoms with E-state index >= 15 is 0 Å². The Hall–Kier alpha value is -3.80. The van der Waals surface area contributed by atoms with Gasteiger partial charge in [-0.05, 0) is 42.3 Å². The van der Waals surface area contributed by atoms with Gasteiger partial charge in [-0.25, -0.2) is 0 Å². The van der Waals surface area contributed by atoms with Crippen LogP contribution >= 0.6 is 0 Å². The average Bonchev–Trinajstić information content (AvgIpc) is 3.45. The van der Waals surface area contributed by atoms with E-state index in [1.807, 2.05) is 32.2 Å². The van der Waals surface area contributed by atoms with Crippen LogP contribution in [0.1, 0.15) is 52.5 Å². The van der Waals surface area contributed by atoms with Gasteiger partial charge in [0, 0.05) is 37.3 Å². The highest BCUT2D eigenvalue weighted by Gasteiger charge is 2.23. The van der Waals surface area contributed by atoms with E-state index in [-0.39, 0.29) is 17.9 Å². The number of carbonyl (C=O) groups is 1. The molecule has 6 heteroatoms. The fourth-order valence-electron chi connectivity index (χ4n) is 3.93. The summed E-state index contributed by atoms with van der Waals surface area (Å²) < 4.78 is 13.5. The van der Waals surface area contributed by atoms with Gasteiger partial charge in [0.1, 0.15) is 18.1 Å². The van der Waals surface area contributed by atoms with E-state index < -0.39 is 0 Å². The van der Waals surface area contributed by atoms with Crippen molar-refractivity contribution >= 4 is 5.91 Å². The molecule has 6 nitrogen and oxygen atoms in total. The number of rotatable bonds is 8. The molecule has 0 fully saturated rings. The minimum absolute atomic E-state index is 0.101. The van der Waals surface area contributed by atoms with Crippen molar-refractivity contribution in [3.63, 3.8) is 0 Å². The largest absolute Gasteiger partial charge is 0.486 e. The first-order chi connectivity index (χ1) is 16.3. The normalized spacial score (nSPS) is 11.4. The van der Waals surface area contributed by atoms with Crippen molar-refractivity contribution in [3.8, 4) is 5.75 Å². The molecule has 176 valence electrons. The highest BCUT2D eigenvalue weighted by molar-refractivity contribution is 5.91. The molecule has 34 heavy (non-hydrogen) atoms. The monoisotopic (exact) mass is 457 g/mol. The minimum Gasteiger partial charge on any atom is -0.486 e. The molecule has 0 unspecified atom stereocenters. The summed E-state index contributed by atoms with van der Waals surface area (Å²) in [5.74, 6) is 1.47. The molecule has 0 aliphatic rings. The maximum Gasteiger partial charge on any atom is 0.289 e. The van der Waals surface area contributed by atoms with E-state index in [4.69, 9.17) is 9.15 Å². The maximum absolute atomic E-state index is 12.8. The van der Waals surface area contributed by atoms with Gasteiger partial charge in [-0.2, -0.15) is 5.10 Å². The zero-order valence-corrected chi connectivity index (χ0v) is 20.4. The summed E-state index contributed by atoms with van der Waals surface area (Å²) in [5, 5.41) is 4.23. The number of hydrogen-bond acceptors (Lipinski definition) is 4. The van der Waals surface area contributed by atoms with E-state index in [1.54, 1.807) is 35.0 Å². The lowest BCUT2D eigenvalue weighted by Crippen LogP contribution is -2.26. The van der Waals surface area contributed by atoms with Gasteiger partial charge >= 0.3 is 0 Å². The zero-order valence-electron chi connectivity index (χ0n) is 20.4. The maximum atomic E-state index is 12.8. The number of benzene rings is 2. The topological polar surface area (TPSA) is 60.5 Å². The highest BCUT2D eigenvalue weighted by Crippen LogP contribution is 2.32. The van der Waals surface area contributed by atoms with E-state index in [2.05, 4.69) is 55.3 Å². The second kappa shape index (κ2) is 9.59. The van der Waals surface area contributed by atoms with Crippen molar-refractivity contribution in [2.24, 2.45) is 7.05 Å². The fourth-order valence-corrected chi connectivity index (χ4v) is 3.93. The van der Waals surface area contributed by atoms with Gasteiger partial charge in [0.25, 0.3) is 5.91 Å². The van der Waals surface area contributed by atoms with Crippen LogP contribution in [-0.4, -0.2) is 27.6 Å². The number of hydrogen-bond donors (Lipinski definition) is 0. The molecule has 0 N–H and O–H groups in total. The molecule has 0 aliphatic heterocycles. The molecule has 2 aromatic carbocycles.